The van der Waals surface area contributed by atoms with Gasteiger partial charge < -0.3 is 24.5 Å². The lowest BCUT2D eigenvalue weighted by atomic mass is 10.1. The van der Waals surface area contributed by atoms with Gasteiger partial charge in [-0.15, -0.1) is 0 Å². The number of aromatic nitrogens is 2. The van der Waals surface area contributed by atoms with E-state index in [4.69, 9.17) is 14.2 Å². The lowest BCUT2D eigenvalue weighted by Gasteiger charge is -2.10. The van der Waals surface area contributed by atoms with Crippen LogP contribution in [0.1, 0.15) is 36.8 Å². The molecule has 1 amide bonds. The molecule has 0 radical (unpaired) electrons. The van der Waals surface area contributed by atoms with Crippen LogP contribution in [0.5, 0.6) is 11.5 Å². The van der Waals surface area contributed by atoms with Crippen molar-refractivity contribution < 1.29 is 19.0 Å². The molecule has 1 aliphatic rings. The van der Waals surface area contributed by atoms with Gasteiger partial charge in [-0.2, -0.15) is 0 Å². The van der Waals surface area contributed by atoms with Crippen molar-refractivity contribution in [1.82, 2.24) is 9.97 Å². The first-order valence-corrected chi connectivity index (χ1v) is 9.78. The number of fused-ring (bicyclic) bond motifs is 1. The van der Waals surface area contributed by atoms with Crippen molar-refractivity contribution in [1.29, 1.82) is 0 Å². The van der Waals surface area contributed by atoms with Crippen molar-refractivity contribution in [2.24, 2.45) is 0 Å². The second-order valence-corrected chi connectivity index (χ2v) is 7.08. The van der Waals surface area contributed by atoms with Crippen LogP contribution in [0.2, 0.25) is 0 Å². The van der Waals surface area contributed by atoms with Gasteiger partial charge in [-0.1, -0.05) is 0 Å². The normalized spacial score (nSPS) is 16.1. The molecule has 29 heavy (non-hydrogen) atoms. The summed E-state index contributed by atoms with van der Waals surface area (Å²) in [4.78, 5) is 20.4. The molecule has 0 saturated carbocycles. The minimum Gasteiger partial charge on any atom is -0.497 e. The van der Waals surface area contributed by atoms with Crippen LogP contribution in [-0.4, -0.2) is 36.7 Å². The van der Waals surface area contributed by atoms with Gasteiger partial charge in [0.15, 0.2) is 0 Å². The van der Waals surface area contributed by atoms with Gasteiger partial charge in [0, 0.05) is 18.7 Å². The molecule has 1 unspecified atom stereocenters. The van der Waals surface area contributed by atoms with Crippen LogP contribution in [0.25, 0.3) is 11.0 Å². The summed E-state index contributed by atoms with van der Waals surface area (Å²) in [5.41, 5.74) is 3.44. The predicted octanol–water partition coefficient (Wildman–Crippen LogP) is 4.00. The summed E-state index contributed by atoms with van der Waals surface area (Å²) in [6.07, 6.45) is 2.98. The summed E-state index contributed by atoms with van der Waals surface area (Å²) in [6, 6.07) is 11.3. The quantitative estimate of drug-likeness (QED) is 0.631. The van der Waals surface area contributed by atoms with Crippen LogP contribution in [0, 0.1) is 0 Å². The molecule has 152 valence electrons. The number of carbonyl (C=O) groups is 1. The Balaban J connectivity index is 1.41. The third-order valence-electron chi connectivity index (χ3n) is 5.13. The van der Waals surface area contributed by atoms with Crippen LogP contribution >= 0.6 is 0 Å². The van der Waals surface area contributed by atoms with Gasteiger partial charge in [-0.25, -0.2) is 4.98 Å². The van der Waals surface area contributed by atoms with E-state index < -0.39 is 0 Å². The van der Waals surface area contributed by atoms with Gasteiger partial charge in [0.25, 0.3) is 0 Å². The van der Waals surface area contributed by atoms with Crippen LogP contribution in [0.3, 0.4) is 0 Å². The van der Waals surface area contributed by atoms with Crippen LogP contribution in [0.15, 0.2) is 36.4 Å². The number of carbonyl (C=O) groups excluding carboxylic acids is 1. The molecule has 2 N–H and O–H groups in total. The number of imidazole rings is 1. The Kier molecular flexibility index (Phi) is 5.67. The number of hydrogen-bond donors (Lipinski definition) is 2. The monoisotopic (exact) mass is 395 g/mol. The topological polar surface area (TPSA) is 85.5 Å². The molecule has 7 heteroatoms. The number of nitrogens with zero attached hydrogens (tertiary/aromatic N) is 1. The second kappa shape index (κ2) is 8.53. The number of nitrogens with one attached hydrogen (secondary N) is 2. The predicted molar refractivity (Wildman–Crippen MR) is 111 cm³/mol. The first-order valence-electron chi connectivity index (χ1n) is 9.78. The van der Waals surface area contributed by atoms with E-state index in [1.165, 1.54) is 0 Å². The summed E-state index contributed by atoms with van der Waals surface area (Å²) < 4.78 is 16.3. The highest BCUT2D eigenvalue weighted by Gasteiger charge is 2.21. The molecule has 3 aromatic rings. The zero-order valence-corrected chi connectivity index (χ0v) is 16.7. The van der Waals surface area contributed by atoms with Crippen LogP contribution in [-0.2, 0) is 16.0 Å². The zero-order valence-electron chi connectivity index (χ0n) is 16.7. The Morgan fingerprint density at radius 1 is 1.24 bits per heavy atom. The molecule has 1 atom stereocenters. The molecule has 1 aliphatic heterocycles. The second-order valence-electron chi connectivity index (χ2n) is 7.08. The van der Waals surface area contributed by atoms with Gasteiger partial charge in [0.05, 0.1) is 25.3 Å². The van der Waals surface area contributed by atoms with Crippen molar-refractivity contribution in [3.63, 3.8) is 0 Å². The maximum atomic E-state index is 12.5. The number of rotatable bonds is 7. The number of amides is 1. The molecule has 0 spiro atoms. The molecule has 2 aromatic carbocycles. The molecule has 0 aliphatic carbocycles. The van der Waals surface area contributed by atoms with E-state index in [9.17, 15) is 4.79 Å². The van der Waals surface area contributed by atoms with Crippen molar-refractivity contribution >= 4 is 22.6 Å². The first kappa shape index (κ1) is 19.3. The molecule has 1 saturated heterocycles. The smallest absolute Gasteiger partial charge is 0.224 e. The molecule has 1 fully saturated rings. The van der Waals surface area contributed by atoms with Crippen molar-refractivity contribution in [2.75, 3.05) is 26.1 Å². The van der Waals surface area contributed by atoms with Crippen molar-refractivity contribution in [3.05, 3.63) is 47.8 Å². The zero-order chi connectivity index (χ0) is 20.2. The van der Waals surface area contributed by atoms with E-state index in [0.717, 1.165) is 59.1 Å². The summed E-state index contributed by atoms with van der Waals surface area (Å²) in [5, 5.41) is 2.96. The summed E-state index contributed by atoms with van der Waals surface area (Å²) in [5.74, 6) is 2.28. The maximum Gasteiger partial charge on any atom is 0.224 e. The van der Waals surface area contributed by atoms with E-state index in [0.29, 0.717) is 12.8 Å². The summed E-state index contributed by atoms with van der Waals surface area (Å²) >= 11 is 0. The molecule has 4 rings (SSSR count). The Morgan fingerprint density at radius 3 is 2.90 bits per heavy atom. The SMILES string of the molecule is COc1ccc(OC)c(CCC(=O)Nc2ccc3nc(C4CCCO4)[nH]c3c2)c1. The lowest BCUT2D eigenvalue weighted by molar-refractivity contribution is -0.116. The average molecular weight is 395 g/mol. The minimum atomic E-state index is -0.0620. The van der Waals surface area contributed by atoms with Crippen molar-refractivity contribution in [2.45, 2.75) is 31.8 Å². The molecular weight excluding hydrogens is 370 g/mol. The standard InChI is InChI=1S/C22H25N3O4/c1-27-16-7-9-19(28-2)14(12-16)5-10-21(26)23-15-6-8-17-18(13-15)25-22(24-17)20-4-3-11-29-20/h6-9,12-13,20H,3-5,10-11H2,1-2H3,(H,23,26)(H,24,25). The highest BCUT2D eigenvalue weighted by atomic mass is 16.5. The van der Waals surface area contributed by atoms with E-state index in [1.54, 1.807) is 14.2 Å². The average Bonchev–Trinajstić information content (AvgIpc) is 3.41. The highest BCUT2D eigenvalue weighted by Crippen LogP contribution is 2.29. The van der Waals surface area contributed by atoms with Gasteiger partial charge in [-0.3, -0.25) is 4.79 Å². The number of ether oxygens (including phenoxy) is 3. The molecule has 2 heterocycles. The fourth-order valence-electron chi connectivity index (χ4n) is 3.60. The van der Waals surface area contributed by atoms with Gasteiger partial charge >= 0.3 is 0 Å². The number of hydrogen-bond acceptors (Lipinski definition) is 5. The summed E-state index contributed by atoms with van der Waals surface area (Å²) in [7, 11) is 3.24. The molecule has 1 aromatic heterocycles. The summed E-state index contributed by atoms with van der Waals surface area (Å²) in [6.45, 7) is 0.779. The first-order chi connectivity index (χ1) is 14.2. The van der Waals surface area contributed by atoms with Gasteiger partial charge in [0.1, 0.15) is 23.4 Å². The minimum absolute atomic E-state index is 0.0401. The lowest BCUT2D eigenvalue weighted by Crippen LogP contribution is -2.12. The fraction of sp³-hybridized carbons (Fsp3) is 0.364. The Morgan fingerprint density at radius 2 is 2.14 bits per heavy atom. The third-order valence-corrected chi connectivity index (χ3v) is 5.13. The number of aryl methyl sites for hydroxylation is 1. The van der Waals surface area contributed by atoms with Gasteiger partial charge in [-0.05, 0) is 61.2 Å². The number of benzene rings is 2. The van der Waals surface area contributed by atoms with E-state index in [1.807, 2.05) is 36.4 Å². The van der Waals surface area contributed by atoms with Gasteiger partial charge in [0.2, 0.25) is 5.91 Å². The van der Waals surface area contributed by atoms with E-state index in [2.05, 4.69) is 15.3 Å². The Hall–Kier alpha value is -3.06. The Labute approximate surface area is 169 Å². The number of methoxy groups -OCH3 is 2. The largest absolute Gasteiger partial charge is 0.497 e. The molecule has 7 nitrogen and oxygen atoms in total. The number of H-pyrrole nitrogens is 1. The highest BCUT2D eigenvalue weighted by molar-refractivity contribution is 5.93. The molecule has 0 bridgehead atoms. The van der Waals surface area contributed by atoms with Crippen LogP contribution < -0.4 is 14.8 Å². The fourth-order valence-corrected chi connectivity index (χ4v) is 3.60. The number of aromatic amines is 1. The van der Waals surface area contributed by atoms with Crippen LogP contribution in [0.4, 0.5) is 5.69 Å². The van der Waals surface area contributed by atoms with E-state index in [-0.39, 0.29) is 12.0 Å². The molecular formula is C22H25N3O4. The van der Waals surface area contributed by atoms with Crippen molar-refractivity contribution in [3.8, 4) is 11.5 Å². The maximum absolute atomic E-state index is 12.5. The third kappa shape index (κ3) is 4.35. The number of anilines is 1. The Bertz CT molecular complexity index is 1010. The van der Waals surface area contributed by atoms with E-state index >= 15 is 0 Å².